The van der Waals surface area contributed by atoms with Crippen LogP contribution in [0, 0.1) is 0 Å². The molecule has 1 saturated heterocycles. The fourth-order valence-corrected chi connectivity index (χ4v) is 1.78. The van der Waals surface area contributed by atoms with Crippen molar-refractivity contribution in [2.24, 2.45) is 5.84 Å². The van der Waals surface area contributed by atoms with Crippen LogP contribution in [0.2, 0.25) is 0 Å². The highest BCUT2D eigenvalue weighted by Gasteiger charge is 2.20. The molecular weight excluding hydrogens is 148 g/mol. The van der Waals surface area contributed by atoms with Crippen molar-refractivity contribution >= 4 is 0 Å². The quantitative estimate of drug-likeness (QED) is 0.631. The van der Waals surface area contributed by atoms with Crippen LogP contribution in [0.5, 0.6) is 0 Å². The minimum absolute atomic E-state index is 0.649. The molecule has 0 amide bonds. The monoisotopic (exact) mass is 162 g/mol. The zero-order valence-electron chi connectivity index (χ0n) is 7.11. The summed E-state index contributed by atoms with van der Waals surface area (Å²) in [6, 6.07) is 10.6. The fourth-order valence-electron chi connectivity index (χ4n) is 1.78. The van der Waals surface area contributed by atoms with Gasteiger partial charge in [0.25, 0.3) is 0 Å². The summed E-state index contributed by atoms with van der Waals surface area (Å²) >= 11 is 0. The first-order chi connectivity index (χ1) is 5.86. The van der Waals surface area contributed by atoms with Gasteiger partial charge in [-0.2, -0.15) is 0 Å². The summed E-state index contributed by atoms with van der Waals surface area (Å²) in [6.07, 6.45) is 1.19. The van der Waals surface area contributed by atoms with Crippen LogP contribution in [0.1, 0.15) is 17.9 Å². The van der Waals surface area contributed by atoms with Crippen LogP contribution >= 0.6 is 0 Å². The third-order valence-electron chi connectivity index (χ3n) is 2.49. The smallest absolute Gasteiger partial charge is 0.0197 e. The van der Waals surface area contributed by atoms with Crippen molar-refractivity contribution in [1.82, 2.24) is 5.01 Å². The lowest BCUT2D eigenvalue weighted by Gasteiger charge is -2.09. The highest BCUT2D eigenvalue weighted by atomic mass is 15.4. The Morgan fingerprint density at radius 1 is 1.25 bits per heavy atom. The first-order valence-electron chi connectivity index (χ1n) is 4.41. The van der Waals surface area contributed by atoms with E-state index in [1.54, 1.807) is 0 Å². The minimum atomic E-state index is 0.649. The van der Waals surface area contributed by atoms with Crippen molar-refractivity contribution < 1.29 is 0 Å². The molecule has 0 aromatic heterocycles. The molecule has 1 aliphatic rings. The van der Waals surface area contributed by atoms with E-state index in [1.807, 2.05) is 5.01 Å². The molecule has 2 rings (SSSR count). The molecule has 1 fully saturated rings. The number of nitrogens with two attached hydrogens (primary N) is 1. The maximum Gasteiger partial charge on any atom is 0.0197 e. The molecule has 2 N–H and O–H groups in total. The lowest BCUT2D eigenvalue weighted by molar-refractivity contribution is 0.350. The molecule has 1 heterocycles. The summed E-state index contributed by atoms with van der Waals surface area (Å²) in [6.45, 7) is 2.03. The third-order valence-corrected chi connectivity index (χ3v) is 2.49. The van der Waals surface area contributed by atoms with Gasteiger partial charge in [0.1, 0.15) is 0 Å². The molecule has 0 aliphatic carbocycles. The van der Waals surface area contributed by atoms with Gasteiger partial charge in [0, 0.05) is 13.1 Å². The van der Waals surface area contributed by atoms with E-state index < -0.39 is 0 Å². The van der Waals surface area contributed by atoms with Crippen LogP contribution in [0.3, 0.4) is 0 Å². The summed E-state index contributed by atoms with van der Waals surface area (Å²) < 4.78 is 0. The van der Waals surface area contributed by atoms with E-state index in [1.165, 1.54) is 12.0 Å². The van der Waals surface area contributed by atoms with Crippen LogP contribution in [-0.4, -0.2) is 18.1 Å². The molecule has 0 radical (unpaired) electrons. The van der Waals surface area contributed by atoms with Gasteiger partial charge < -0.3 is 0 Å². The molecule has 2 nitrogen and oxygen atoms in total. The maximum atomic E-state index is 5.70. The predicted molar refractivity (Wildman–Crippen MR) is 49.6 cm³/mol. The van der Waals surface area contributed by atoms with Crippen LogP contribution in [0.25, 0.3) is 0 Å². The van der Waals surface area contributed by atoms with E-state index in [0.29, 0.717) is 5.92 Å². The number of rotatable bonds is 1. The molecule has 0 bridgehead atoms. The average Bonchev–Trinajstić information content (AvgIpc) is 2.54. The molecular formula is C10H14N2. The molecule has 1 aromatic carbocycles. The second-order valence-corrected chi connectivity index (χ2v) is 3.39. The maximum absolute atomic E-state index is 5.70. The molecule has 64 valence electrons. The lowest BCUT2D eigenvalue weighted by atomic mass is 9.99. The Kier molecular flexibility index (Phi) is 2.11. The Labute approximate surface area is 73.0 Å². The average molecular weight is 162 g/mol. The Balaban J connectivity index is 2.11. The van der Waals surface area contributed by atoms with Crippen LogP contribution < -0.4 is 5.84 Å². The van der Waals surface area contributed by atoms with E-state index >= 15 is 0 Å². The molecule has 2 heteroatoms. The topological polar surface area (TPSA) is 29.3 Å². The second-order valence-electron chi connectivity index (χ2n) is 3.39. The van der Waals surface area contributed by atoms with E-state index in [4.69, 9.17) is 5.84 Å². The van der Waals surface area contributed by atoms with Gasteiger partial charge in [0.2, 0.25) is 0 Å². The van der Waals surface area contributed by atoms with Crippen molar-refractivity contribution in [3.63, 3.8) is 0 Å². The summed E-state index contributed by atoms with van der Waals surface area (Å²) in [4.78, 5) is 0. The Morgan fingerprint density at radius 3 is 2.58 bits per heavy atom. The van der Waals surface area contributed by atoms with Gasteiger partial charge in [-0.05, 0) is 17.9 Å². The highest BCUT2D eigenvalue weighted by molar-refractivity contribution is 5.20. The number of hydrogen-bond acceptors (Lipinski definition) is 2. The molecule has 12 heavy (non-hydrogen) atoms. The van der Waals surface area contributed by atoms with Crippen molar-refractivity contribution in [2.45, 2.75) is 12.3 Å². The molecule has 0 spiro atoms. The Bertz CT molecular complexity index is 245. The zero-order valence-corrected chi connectivity index (χ0v) is 7.11. The van der Waals surface area contributed by atoms with Gasteiger partial charge in [0.15, 0.2) is 0 Å². The number of hydrogen-bond donors (Lipinski definition) is 1. The normalized spacial score (nSPS) is 24.6. The summed E-state index contributed by atoms with van der Waals surface area (Å²) in [5, 5.41) is 1.90. The number of nitrogens with zero attached hydrogens (tertiary/aromatic N) is 1. The van der Waals surface area contributed by atoms with Crippen LogP contribution in [0.4, 0.5) is 0 Å². The van der Waals surface area contributed by atoms with Crippen molar-refractivity contribution in [2.75, 3.05) is 13.1 Å². The first-order valence-corrected chi connectivity index (χ1v) is 4.41. The molecule has 1 aliphatic heterocycles. The molecule has 1 aromatic rings. The molecule has 1 atom stereocenters. The molecule has 1 unspecified atom stereocenters. The van der Waals surface area contributed by atoms with E-state index in [-0.39, 0.29) is 0 Å². The lowest BCUT2D eigenvalue weighted by Crippen LogP contribution is -2.27. The highest BCUT2D eigenvalue weighted by Crippen LogP contribution is 2.24. The van der Waals surface area contributed by atoms with Crippen LogP contribution in [0.15, 0.2) is 30.3 Å². The zero-order chi connectivity index (χ0) is 8.39. The largest absolute Gasteiger partial charge is 0.269 e. The Hall–Kier alpha value is -0.860. The Morgan fingerprint density at radius 2 is 2.00 bits per heavy atom. The van der Waals surface area contributed by atoms with Gasteiger partial charge in [-0.1, -0.05) is 30.3 Å². The van der Waals surface area contributed by atoms with Gasteiger partial charge >= 0.3 is 0 Å². The molecule has 0 saturated carbocycles. The van der Waals surface area contributed by atoms with Crippen molar-refractivity contribution in [3.8, 4) is 0 Å². The standard InChI is InChI=1S/C10H14N2/c11-12-7-6-10(8-12)9-4-2-1-3-5-9/h1-5,10H,6-8,11H2. The van der Waals surface area contributed by atoms with Crippen molar-refractivity contribution in [1.29, 1.82) is 0 Å². The van der Waals surface area contributed by atoms with Gasteiger partial charge in [-0.3, -0.25) is 5.84 Å². The minimum Gasteiger partial charge on any atom is -0.269 e. The van der Waals surface area contributed by atoms with E-state index in [2.05, 4.69) is 30.3 Å². The van der Waals surface area contributed by atoms with E-state index in [9.17, 15) is 0 Å². The third kappa shape index (κ3) is 1.49. The number of benzene rings is 1. The number of hydrazine groups is 1. The second kappa shape index (κ2) is 3.25. The van der Waals surface area contributed by atoms with Gasteiger partial charge in [-0.15, -0.1) is 0 Å². The van der Waals surface area contributed by atoms with Crippen molar-refractivity contribution in [3.05, 3.63) is 35.9 Å². The van der Waals surface area contributed by atoms with Gasteiger partial charge in [-0.25, -0.2) is 5.01 Å². The first kappa shape index (κ1) is 7.77. The predicted octanol–water partition coefficient (Wildman–Crippen LogP) is 1.35. The summed E-state index contributed by atoms with van der Waals surface area (Å²) in [7, 11) is 0. The summed E-state index contributed by atoms with van der Waals surface area (Å²) in [5.74, 6) is 6.35. The fraction of sp³-hybridized carbons (Fsp3) is 0.400. The van der Waals surface area contributed by atoms with Crippen LogP contribution in [-0.2, 0) is 0 Å². The van der Waals surface area contributed by atoms with E-state index in [0.717, 1.165) is 13.1 Å². The SMILES string of the molecule is NN1CCC(c2ccccc2)C1. The summed E-state index contributed by atoms with van der Waals surface area (Å²) in [5.41, 5.74) is 1.42. The van der Waals surface area contributed by atoms with Gasteiger partial charge in [0.05, 0.1) is 0 Å².